The van der Waals surface area contributed by atoms with Crippen LogP contribution in [0.5, 0.6) is 5.75 Å². The van der Waals surface area contributed by atoms with E-state index in [1.165, 1.54) is 17.4 Å². The van der Waals surface area contributed by atoms with Crippen LogP contribution in [0.1, 0.15) is 16.5 Å². The summed E-state index contributed by atoms with van der Waals surface area (Å²) in [6, 6.07) is 8.56. The highest BCUT2D eigenvalue weighted by atomic mass is 35.5. The van der Waals surface area contributed by atoms with E-state index in [2.05, 4.69) is 10.2 Å². The Morgan fingerprint density at radius 3 is 2.68 bits per heavy atom. The number of benzene rings is 1. The summed E-state index contributed by atoms with van der Waals surface area (Å²) in [5.41, 5.74) is 0.850. The number of rotatable bonds is 4. The van der Waals surface area contributed by atoms with Gasteiger partial charge in [-0.25, -0.2) is 4.39 Å². The molecule has 2 aromatic rings. The van der Waals surface area contributed by atoms with Gasteiger partial charge in [-0.2, -0.15) is 0 Å². The van der Waals surface area contributed by atoms with Crippen LogP contribution in [0.3, 0.4) is 0 Å². The molecule has 1 aliphatic heterocycles. The molecule has 0 spiro atoms. The van der Waals surface area contributed by atoms with Crippen molar-refractivity contribution in [2.75, 3.05) is 33.3 Å². The van der Waals surface area contributed by atoms with Gasteiger partial charge in [0, 0.05) is 36.6 Å². The molecule has 2 heterocycles. The number of ether oxygens (including phenoxy) is 1. The molecule has 0 amide bonds. The summed E-state index contributed by atoms with van der Waals surface area (Å²) in [5.74, 6) is 0.452. The van der Waals surface area contributed by atoms with Crippen LogP contribution < -0.4 is 10.1 Å². The van der Waals surface area contributed by atoms with Gasteiger partial charge in [-0.05, 0) is 30.3 Å². The third-order valence-electron chi connectivity index (χ3n) is 3.87. The largest absolute Gasteiger partial charge is 0.496 e. The number of halogens is 2. The number of thiophene rings is 1. The monoisotopic (exact) mass is 340 g/mol. The Morgan fingerprint density at radius 1 is 1.27 bits per heavy atom. The molecule has 1 aliphatic rings. The topological polar surface area (TPSA) is 24.5 Å². The lowest BCUT2D eigenvalue weighted by Gasteiger charge is -2.35. The summed E-state index contributed by atoms with van der Waals surface area (Å²) in [7, 11) is 1.62. The molecule has 1 fully saturated rings. The van der Waals surface area contributed by atoms with Crippen molar-refractivity contribution in [1.82, 2.24) is 10.2 Å². The summed E-state index contributed by atoms with van der Waals surface area (Å²) in [6.07, 6.45) is 0. The summed E-state index contributed by atoms with van der Waals surface area (Å²) in [5, 5.41) is 3.35. The number of hydrogen-bond donors (Lipinski definition) is 1. The zero-order chi connectivity index (χ0) is 15.5. The van der Waals surface area contributed by atoms with Gasteiger partial charge in [0.15, 0.2) is 0 Å². The van der Waals surface area contributed by atoms with Gasteiger partial charge in [0.05, 0.1) is 17.5 Å². The van der Waals surface area contributed by atoms with Crippen molar-refractivity contribution in [3.63, 3.8) is 0 Å². The molecule has 1 saturated heterocycles. The Hall–Kier alpha value is -1.14. The Bertz CT molecular complexity index is 643. The van der Waals surface area contributed by atoms with Crippen molar-refractivity contribution in [2.24, 2.45) is 0 Å². The van der Waals surface area contributed by atoms with Gasteiger partial charge < -0.3 is 10.1 Å². The predicted molar refractivity (Wildman–Crippen MR) is 88.6 cm³/mol. The van der Waals surface area contributed by atoms with E-state index < -0.39 is 0 Å². The summed E-state index contributed by atoms with van der Waals surface area (Å²) >= 11 is 7.65. The lowest BCUT2D eigenvalue weighted by atomic mass is 10.0. The molecule has 0 saturated carbocycles. The second-order valence-corrected chi connectivity index (χ2v) is 6.96. The van der Waals surface area contributed by atoms with Crippen LogP contribution in [0.25, 0.3) is 0 Å². The van der Waals surface area contributed by atoms with E-state index in [9.17, 15) is 4.39 Å². The molecule has 118 valence electrons. The molecule has 3 rings (SSSR count). The first kappa shape index (κ1) is 15.7. The summed E-state index contributed by atoms with van der Waals surface area (Å²) in [4.78, 5) is 3.45. The van der Waals surface area contributed by atoms with E-state index in [1.54, 1.807) is 19.2 Å². The van der Waals surface area contributed by atoms with Crippen LogP contribution >= 0.6 is 22.9 Å². The van der Waals surface area contributed by atoms with Crippen LogP contribution in [0.4, 0.5) is 4.39 Å². The Labute approximate surface area is 138 Å². The molecule has 0 aliphatic carbocycles. The molecule has 1 aromatic heterocycles. The van der Waals surface area contributed by atoms with Crippen LogP contribution in [-0.4, -0.2) is 38.2 Å². The van der Waals surface area contributed by atoms with Gasteiger partial charge in [0.2, 0.25) is 0 Å². The maximum atomic E-state index is 13.8. The van der Waals surface area contributed by atoms with Crippen LogP contribution in [0.2, 0.25) is 4.34 Å². The molecule has 1 aromatic carbocycles. The summed E-state index contributed by atoms with van der Waals surface area (Å²) in [6.45, 7) is 3.65. The lowest BCUT2D eigenvalue weighted by Crippen LogP contribution is -2.45. The standard InChI is InChI=1S/C16H18ClFN2OS/c1-21-13-3-2-11(18)10-12(13)16(14-4-5-15(17)22-14)20-8-6-19-7-9-20/h2-5,10,16,19H,6-9H2,1H3/t16-/m0/s1. The van der Waals surface area contributed by atoms with Crippen molar-refractivity contribution in [3.05, 3.63) is 50.9 Å². The third-order valence-corrected chi connectivity index (χ3v) is 5.15. The van der Waals surface area contributed by atoms with Gasteiger partial charge in [-0.15, -0.1) is 11.3 Å². The molecular weight excluding hydrogens is 323 g/mol. The van der Waals surface area contributed by atoms with Crippen molar-refractivity contribution in [1.29, 1.82) is 0 Å². The Balaban J connectivity index is 2.06. The van der Waals surface area contributed by atoms with Crippen molar-refractivity contribution in [3.8, 4) is 5.75 Å². The van der Waals surface area contributed by atoms with E-state index in [0.717, 1.165) is 41.0 Å². The second-order valence-electron chi connectivity index (χ2n) is 5.22. The maximum absolute atomic E-state index is 13.8. The molecule has 0 radical (unpaired) electrons. The van der Waals surface area contributed by atoms with Crippen LogP contribution in [0.15, 0.2) is 30.3 Å². The predicted octanol–water partition coefficient (Wildman–Crippen LogP) is 3.54. The van der Waals surface area contributed by atoms with Crippen molar-refractivity contribution in [2.45, 2.75) is 6.04 Å². The Kier molecular flexibility index (Phi) is 4.98. The van der Waals surface area contributed by atoms with E-state index in [-0.39, 0.29) is 11.9 Å². The van der Waals surface area contributed by atoms with Gasteiger partial charge in [0.1, 0.15) is 11.6 Å². The highest BCUT2D eigenvalue weighted by Crippen LogP contribution is 2.39. The molecule has 22 heavy (non-hydrogen) atoms. The van der Waals surface area contributed by atoms with Gasteiger partial charge >= 0.3 is 0 Å². The third kappa shape index (κ3) is 3.27. The molecule has 0 unspecified atom stereocenters. The van der Waals surface area contributed by atoms with E-state index in [0.29, 0.717) is 5.75 Å². The average Bonchev–Trinajstić information content (AvgIpc) is 2.95. The van der Waals surface area contributed by atoms with Gasteiger partial charge in [-0.3, -0.25) is 4.90 Å². The normalized spacial score (nSPS) is 17.4. The second kappa shape index (κ2) is 6.96. The molecule has 0 bridgehead atoms. The molecule has 1 N–H and O–H groups in total. The number of piperazine rings is 1. The number of nitrogens with one attached hydrogen (secondary N) is 1. The zero-order valence-electron chi connectivity index (χ0n) is 12.3. The SMILES string of the molecule is COc1ccc(F)cc1[C@@H](c1ccc(Cl)s1)N1CCNCC1. The summed E-state index contributed by atoms with van der Waals surface area (Å²) < 4.78 is 20.0. The highest BCUT2D eigenvalue weighted by Gasteiger charge is 2.28. The lowest BCUT2D eigenvalue weighted by molar-refractivity contribution is 0.197. The minimum atomic E-state index is -0.251. The first-order chi connectivity index (χ1) is 10.7. The van der Waals surface area contributed by atoms with E-state index in [4.69, 9.17) is 16.3 Å². The first-order valence-corrected chi connectivity index (χ1v) is 8.42. The Morgan fingerprint density at radius 2 is 2.05 bits per heavy atom. The smallest absolute Gasteiger partial charge is 0.124 e. The fourth-order valence-corrected chi connectivity index (χ4v) is 4.08. The molecule has 1 atom stereocenters. The number of nitrogens with zero attached hydrogens (tertiary/aromatic N) is 1. The number of hydrogen-bond acceptors (Lipinski definition) is 4. The zero-order valence-corrected chi connectivity index (χ0v) is 13.9. The molecular formula is C16H18ClFN2OS. The van der Waals surface area contributed by atoms with Crippen molar-refractivity contribution < 1.29 is 9.13 Å². The fourth-order valence-electron chi connectivity index (χ4n) is 2.86. The van der Waals surface area contributed by atoms with E-state index in [1.807, 2.05) is 12.1 Å². The first-order valence-electron chi connectivity index (χ1n) is 7.22. The molecule has 6 heteroatoms. The quantitative estimate of drug-likeness (QED) is 0.921. The molecule has 3 nitrogen and oxygen atoms in total. The van der Waals surface area contributed by atoms with Crippen LogP contribution in [-0.2, 0) is 0 Å². The maximum Gasteiger partial charge on any atom is 0.124 e. The van der Waals surface area contributed by atoms with E-state index >= 15 is 0 Å². The minimum absolute atomic E-state index is 0.0368. The minimum Gasteiger partial charge on any atom is -0.496 e. The van der Waals surface area contributed by atoms with Crippen molar-refractivity contribution >= 4 is 22.9 Å². The van der Waals surface area contributed by atoms with Gasteiger partial charge in [0.25, 0.3) is 0 Å². The number of methoxy groups -OCH3 is 1. The fraction of sp³-hybridized carbons (Fsp3) is 0.375. The highest BCUT2D eigenvalue weighted by molar-refractivity contribution is 7.16. The van der Waals surface area contributed by atoms with Gasteiger partial charge in [-0.1, -0.05) is 11.6 Å². The van der Waals surface area contributed by atoms with Crippen LogP contribution in [0, 0.1) is 5.82 Å². The average molecular weight is 341 g/mol.